The molecule has 2 N–H and O–H groups in total. The van der Waals surface area contributed by atoms with Crippen LogP contribution in [0.1, 0.15) is 40.3 Å². The Balaban J connectivity index is 1.67. The maximum absolute atomic E-state index is 12.4. The molecule has 0 aliphatic heterocycles. The van der Waals surface area contributed by atoms with E-state index < -0.39 is 11.4 Å². The van der Waals surface area contributed by atoms with E-state index in [2.05, 4.69) is 5.32 Å². The van der Waals surface area contributed by atoms with E-state index in [9.17, 15) is 19.5 Å². The molecule has 6 heteroatoms. The van der Waals surface area contributed by atoms with Crippen LogP contribution in [0.2, 0.25) is 0 Å². The van der Waals surface area contributed by atoms with Crippen molar-refractivity contribution in [2.45, 2.75) is 20.3 Å². The van der Waals surface area contributed by atoms with Gasteiger partial charge in [0.1, 0.15) is 0 Å². The second-order valence-corrected chi connectivity index (χ2v) is 8.32. The highest BCUT2D eigenvalue weighted by Gasteiger charge is 2.30. The first-order valence-corrected chi connectivity index (χ1v) is 9.96. The molecule has 29 heavy (non-hydrogen) atoms. The van der Waals surface area contributed by atoms with Crippen molar-refractivity contribution in [3.63, 3.8) is 0 Å². The molecule has 0 bridgehead atoms. The summed E-state index contributed by atoms with van der Waals surface area (Å²) >= 11 is 1.39. The fourth-order valence-electron chi connectivity index (χ4n) is 2.77. The number of rotatable bonds is 7. The predicted molar refractivity (Wildman–Crippen MR) is 115 cm³/mol. The van der Waals surface area contributed by atoms with Gasteiger partial charge in [0.2, 0.25) is 0 Å². The molecule has 3 rings (SSSR count). The Morgan fingerprint density at radius 2 is 1.52 bits per heavy atom. The van der Waals surface area contributed by atoms with Crippen LogP contribution in [-0.4, -0.2) is 22.8 Å². The normalized spacial score (nSPS) is 11.1. The summed E-state index contributed by atoms with van der Waals surface area (Å²) in [6, 6.07) is 18.1. The minimum Gasteiger partial charge on any atom is -0.481 e. The van der Waals surface area contributed by atoms with E-state index in [1.807, 2.05) is 47.8 Å². The third-order valence-electron chi connectivity index (χ3n) is 4.61. The van der Waals surface area contributed by atoms with E-state index in [1.165, 1.54) is 11.3 Å². The second-order valence-electron chi connectivity index (χ2n) is 7.38. The number of ketones is 1. The van der Waals surface area contributed by atoms with Gasteiger partial charge in [-0.1, -0.05) is 42.5 Å². The molecular formula is C23H21NO4S. The van der Waals surface area contributed by atoms with Crippen molar-refractivity contribution in [1.82, 2.24) is 0 Å². The van der Waals surface area contributed by atoms with Gasteiger partial charge < -0.3 is 10.4 Å². The number of thiophene rings is 1. The molecule has 0 radical (unpaired) electrons. The average molecular weight is 407 g/mol. The number of hydrogen-bond acceptors (Lipinski definition) is 4. The lowest BCUT2D eigenvalue weighted by atomic mass is 9.85. The van der Waals surface area contributed by atoms with Gasteiger partial charge in [-0.05, 0) is 48.6 Å². The summed E-state index contributed by atoms with van der Waals surface area (Å²) in [6.45, 7) is 3.08. The average Bonchev–Trinajstić information content (AvgIpc) is 3.23. The summed E-state index contributed by atoms with van der Waals surface area (Å²) in [5, 5.41) is 13.9. The number of hydrogen-bond donors (Lipinski definition) is 2. The number of carboxylic acid groups (broad SMARTS) is 1. The fraction of sp³-hybridized carbons (Fsp3) is 0.174. The molecule has 1 heterocycles. The maximum Gasteiger partial charge on any atom is 0.309 e. The Kier molecular flexibility index (Phi) is 5.94. The molecule has 2 aromatic carbocycles. The van der Waals surface area contributed by atoms with Crippen molar-refractivity contribution in [1.29, 1.82) is 0 Å². The van der Waals surface area contributed by atoms with E-state index in [1.54, 1.807) is 32.0 Å². The highest BCUT2D eigenvalue weighted by molar-refractivity contribution is 7.12. The van der Waals surface area contributed by atoms with Gasteiger partial charge in [0.25, 0.3) is 5.91 Å². The van der Waals surface area contributed by atoms with Gasteiger partial charge in [-0.15, -0.1) is 11.3 Å². The number of amides is 1. The van der Waals surface area contributed by atoms with Crippen LogP contribution in [0.15, 0.2) is 66.0 Å². The van der Waals surface area contributed by atoms with Crippen molar-refractivity contribution >= 4 is 34.7 Å². The number of carboxylic acids is 1. The van der Waals surface area contributed by atoms with Crippen molar-refractivity contribution in [3.8, 4) is 11.1 Å². The topological polar surface area (TPSA) is 83.5 Å². The number of benzene rings is 2. The van der Waals surface area contributed by atoms with Crippen molar-refractivity contribution in [3.05, 3.63) is 76.5 Å². The first-order chi connectivity index (χ1) is 13.8. The smallest absolute Gasteiger partial charge is 0.309 e. The molecule has 1 amide bonds. The van der Waals surface area contributed by atoms with Gasteiger partial charge in [-0.2, -0.15) is 0 Å². The molecule has 0 spiro atoms. The summed E-state index contributed by atoms with van der Waals surface area (Å²) in [5.74, 6) is -1.33. The summed E-state index contributed by atoms with van der Waals surface area (Å²) in [7, 11) is 0. The van der Waals surface area contributed by atoms with Crippen LogP contribution in [0.3, 0.4) is 0 Å². The van der Waals surface area contributed by atoms with Crippen molar-refractivity contribution in [2.24, 2.45) is 5.41 Å². The third kappa shape index (κ3) is 4.97. The van der Waals surface area contributed by atoms with Gasteiger partial charge in [0.15, 0.2) is 5.78 Å². The first-order valence-electron chi connectivity index (χ1n) is 9.08. The number of carbonyl (C=O) groups is 3. The Labute approximate surface area is 173 Å². The summed E-state index contributed by atoms with van der Waals surface area (Å²) in [6.07, 6.45) is -0.0552. The quantitative estimate of drug-likeness (QED) is 0.517. The molecule has 5 nitrogen and oxygen atoms in total. The predicted octanol–water partition coefficient (Wildman–Crippen LogP) is 5.35. The molecule has 0 aliphatic carbocycles. The largest absolute Gasteiger partial charge is 0.481 e. The SMILES string of the molecule is CC(C)(CC(=O)c1ccc(-c2ccc(NC(=O)c3cccs3)cc2)cc1)C(=O)O. The lowest BCUT2D eigenvalue weighted by molar-refractivity contribution is -0.146. The van der Waals surface area contributed by atoms with E-state index in [0.29, 0.717) is 16.1 Å². The number of carbonyl (C=O) groups excluding carboxylic acids is 2. The van der Waals surface area contributed by atoms with Gasteiger partial charge in [-0.3, -0.25) is 14.4 Å². The Morgan fingerprint density at radius 1 is 0.931 bits per heavy atom. The van der Waals surface area contributed by atoms with Crippen LogP contribution in [0.4, 0.5) is 5.69 Å². The van der Waals surface area contributed by atoms with Crippen LogP contribution in [-0.2, 0) is 4.79 Å². The summed E-state index contributed by atoms with van der Waals surface area (Å²) < 4.78 is 0. The molecule has 0 saturated heterocycles. The zero-order chi connectivity index (χ0) is 21.0. The molecular weight excluding hydrogens is 386 g/mol. The van der Waals surface area contributed by atoms with Crippen molar-refractivity contribution < 1.29 is 19.5 Å². The number of aliphatic carboxylic acids is 1. The first kappa shape index (κ1) is 20.5. The fourth-order valence-corrected chi connectivity index (χ4v) is 3.39. The van der Waals surface area contributed by atoms with Crippen LogP contribution in [0.25, 0.3) is 11.1 Å². The molecule has 0 unspecified atom stereocenters. The minimum absolute atomic E-state index is 0.0552. The van der Waals surface area contributed by atoms with E-state index in [4.69, 9.17) is 0 Å². The third-order valence-corrected chi connectivity index (χ3v) is 5.48. The van der Waals surface area contributed by atoms with Gasteiger partial charge >= 0.3 is 5.97 Å². The second kappa shape index (κ2) is 8.41. The van der Waals surface area contributed by atoms with Gasteiger partial charge in [-0.25, -0.2) is 0 Å². The summed E-state index contributed by atoms with van der Waals surface area (Å²) in [4.78, 5) is 36.3. The highest BCUT2D eigenvalue weighted by Crippen LogP contribution is 2.26. The molecule has 148 valence electrons. The maximum atomic E-state index is 12.4. The number of Topliss-reactive ketones (excluding diaryl/α,β-unsaturated/α-hetero) is 1. The van der Waals surface area contributed by atoms with Crippen LogP contribution in [0, 0.1) is 5.41 Å². The lowest BCUT2D eigenvalue weighted by Crippen LogP contribution is -2.26. The Bertz CT molecular complexity index is 1020. The molecule has 0 saturated carbocycles. The van der Waals surface area contributed by atoms with E-state index >= 15 is 0 Å². The Morgan fingerprint density at radius 3 is 2.03 bits per heavy atom. The zero-order valence-electron chi connectivity index (χ0n) is 16.1. The lowest BCUT2D eigenvalue weighted by Gasteiger charge is -2.17. The van der Waals surface area contributed by atoms with E-state index in [0.717, 1.165) is 11.1 Å². The van der Waals surface area contributed by atoms with Crippen LogP contribution < -0.4 is 5.32 Å². The highest BCUT2D eigenvalue weighted by atomic mass is 32.1. The van der Waals surface area contributed by atoms with Gasteiger partial charge in [0, 0.05) is 17.7 Å². The summed E-state index contributed by atoms with van der Waals surface area (Å²) in [5.41, 5.74) is 1.97. The number of anilines is 1. The standard InChI is InChI=1S/C23H21NO4S/c1-23(2,22(27)28)14-19(25)17-7-5-15(6-8-17)16-9-11-18(12-10-16)24-21(26)20-4-3-13-29-20/h3-13H,14H2,1-2H3,(H,24,26)(H,27,28). The van der Waals surface area contributed by atoms with Crippen LogP contribution >= 0.6 is 11.3 Å². The Hall–Kier alpha value is -3.25. The molecule has 1 aromatic heterocycles. The number of nitrogens with one attached hydrogen (secondary N) is 1. The molecule has 0 aliphatic rings. The van der Waals surface area contributed by atoms with Crippen LogP contribution in [0.5, 0.6) is 0 Å². The van der Waals surface area contributed by atoms with Gasteiger partial charge in [0.05, 0.1) is 10.3 Å². The monoisotopic (exact) mass is 407 g/mol. The molecule has 0 fully saturated rings. The minimum atomic E-state index is -1.10. The van der Waals surface area contributed by atoms with E-state index in [-0.39, 0.29) is 18.1 Å². The zero-order valence-corrected chi connectivity index (χ0v) is 17.0. The molecule has 3 aromatic rings. The van der Waals surface area contributed by atoms with Crippen molar-refractivity contribution in [2.75, 3.05) is 5.32 Å². The molecule has 0 atom stereocenters.